The van der Waals surface area contributed by atoms with Gasteiger partial charge in [-0.05, 0) is 57.9 Å². The Labute approximate surface area is 162 Å². The molecule has 0 spiro atoms. The molecule has 1 aliphatic rings. The predicted octanol–water partition coefficient (Wildman–Crippen LogP) is 3.87. The van der Waals surface area contributed by atoms with E-state index in [-0.39, 0.29) is 11.4 Å². The van der Waals surface area contributed by atoms with Crippen LogP contribution in [0.2, 0.25) is 0 Å². The zero-order valence-corrected chi connectivity index (χ0v) is 17.0. The number of hydrogen-bond acceptors (Lipinski definition) is 4. The van der Waals surface area contributed by atoms with Crippen LogP contribution in [0, 0.1) is 13.8 Å². The highest BCUT2D eigenvalue weighted by Crippen LogP contribution is 2.24. The molecule has 0 saturated carbocycles. The van der Waals surface area contributed by atoms with Gasteiger partial charge in [0.25, 0.3) is 5.91 Å². The highest BCUT2D eigenvalue weighted by molar-refractivity contribution is 5.95. The van der Waals surface area contributed by atoms with Gasteiger partial charge >= 0.3 is 0 Å². The van der Waals surface area contributed by atoms with Crippen molar-refractivity contribution >= 4 is 17.3 Å². The van der Waals surface area contributed by atoms with Crippen LogP contribution in [0.1, 0.15) is 42.3 Å². The summed E-state index contributed by atoms with van der Waals surface area (Å²) < 4.78 is 0. The van der Waals surface area contributed by atoms with Gasteiger partial charge in [-0.25, -0.2) is 0 Å². The fourth-order valence-electron chi connectivity index (χ4n) is 3.47. The third-order valence-electron chi connectivity index (χ3n) is 4.99. The van der Waals surface area contributed by atoms with E-state index >= 15 is 0 Å². The van der Waals surface area contributed by atoms with E-state index in [4.69, 9.17) is 0 Å². The molecule has 0 atom stereocenters. The van der Waals surface area contributed by atoms with E-state index < -0.39 is 0 Å². The third kappa shape index (κ3) is 4.59. The highest BCUT2D eigenvalue weighted by atomic mass is 16.2. The van der Waals surface area contributed by atoms with Gasteiger partial charge in [0.1, 0.15) is 0 Å². The Morgan fingerprint density at radius 1 is 1.07 bits per heavy atom. The van der Waals surface area contributed by atoms with Gasteiger partial charge in [0.15, 0.2) is 0 Å². The Bertz CT molecular complexity index is 817. The molecule has 2 aromatic rings. The fourth-order valence-corrected chi connectivity index (χ4v) is 3.47. The van der Waals surface area contributed by atoms with Gasteiger partial charge in [0, 0.05) is 49.8 Å². The van der Waals surface area contributed by atoms with Gasteiger partial charge in [-0.3, -0.25) is 9.78 Å². The number of benzene rings is 1. The molecular formula is C22H30N4O. The van der Waals surface area contributed by atoms with E-state index in [1.165, 1.54) is 16.8 Å². The molecule has 1 N–H and O–H groups in total. The molecule has 5 nitrogen and oxygen atoms in total. The molecule has 0 bridgehead atoms. The maximum Gasteiger partial charge on any atom is 0.255 e. The summed E-state index contributed by atoms with van der Waals surface area (Å²) in [6.45, 7) is 13.7. The molecule has 0 aliphatic carbocycles. The summed E-state index contributed by atoms with van der Waals surface area (Å²) in [5, 5.41) is 3.38. The molecule has 2 heterocycles. The summed E-state index contributed by atoms with van der Waals surface area (Å²) in [6, 6.07) is 8.32. The number of carbonyl (C=O) groups is 1. The van der Waals surface area contributed by atoms with E-state index in [2.05, 4.69) is 68.0 Å². The van der Waals surface area contributed by atoms with Gasteiger partial charge < -0.3 is 15.1 Å². The molecule has 0 radical (unpaired) electrons. The lowest BCUT2D eigenvalue weighted by Crippen LogP contribution is -2.49. The third-order valence-corrected chi connectivity index (χ3v) is 4.99. The van der Waals surface area contributed by atoms with E-state index in [0.717, 1.165) is 31.9 Å². The van der Waals surface area contributed by atoms with Crippen molar-refractivity contribution in [1.29, 1.82) is 0 Å². The van der Waals surface area contributed by atoms with Crippen molar-refractivity contribution < 1.29 is 4.79 Å². The smallest absolute Gasteiger partial charge is 0.255 e. The lowest BCUT2D eigenvalue weighted by Gasteiger charge is -2.37. The first-order valence-corrected chi connectivity index (χ1v) is 9.58. The number of rotatable bonds is 3. The van der Waals surface area contributed by atoms with E-state index in [1.807, 2.05) is 11.0 Å². The average Bonchev–Trinajstić information content (AvgIpc) is 2.62. The summed E-state index contributed by atoms with van der Waals surface area (Å²) in [4.78, 5) is 21.5. The molecule has 27 heavy (non-hydrogen) atoms. The molecule has 5 heteroatoms. The molecule has 1 aliphatic heterocycles. The van der Waals surface area contributed by atoms with Crippen molar-refractivity contribution in [3.05, 3.63) is 53.3 Å². The summed E-state index contributed by atoms with van der Waals surface area (Å²) >= 11 is 0. The minimum atomic E-state index is -0.0688. The summed E-state index contributed by atoms with van der Waals surface area (Å²) in [5.41, 5.74) is 5.36. The summed E-state index contributed by atoms with van der Waals surface area (Å²) in [6.07, 6.45) is 3.42. The van der Waals surface area contributed by atoms with Crippen LogP contribution < -0.4 is 10.2 Å². The second-order valence-corrected chi connectivity index (χ2v) is 8.34. The van der Waals surface area contributed by atoms with Crippen LogP contribution >= 0.6 is 0 Å². The summed E-state index contributed by atoms with van der Waals surface area (Å²) in [5.74, 6) is 0.0562. The van der Waals surface area contributed by atoms with Gasteiger partial charge in [-0.1, -0.05) is 12.1 Å². The lowest BCUT2D eigenvalue weighted by atomic mass is 10.1. The van der Waals surface area contributed by atoms with Crippen molar-refractivity contribution in [3.63, 3.8) is 0 Å². The van der Waals surface area contributed by atoms with Crippen molar-refractivity contribution in [3.8, 4) is 0 Å². The Balaban J connectivity index is 1.67. The number of piperazine rings is 1. The van der Waals surface area contributed by atoms with Crippen LogP contribution in [0.25, 0.3) is 0 Å². The van der Waals surface area contributed by atoms with E-state index in [0.29, 0.717) is 5.56 Å². The first-order chi connectivity index (χ1) is 12.7. The second-order valence-electron chi connectivity index (χ2n) is 8.34. The number of amides is 1. The van der Waals surface area contributed by atoms with Crippen LogP contribution in [0.15, 0.2) is 36.7 Å². The van der Waals surface area contributed by atoms with Crippen LogP contribution in [0.3, 0.4) is 0 Å². The Kier molecular flexibility index (Phi) is 5.40. The number of aromatic nitrogens is 1. The summed E-state index contributed by atoms with van der Waals surface area (Å²) in [7, 11) is 0. The van der Waals surface area contributed by atoms with Gasteiger partial charge in [0.2, 0.25) is 0 Å². The van der Waals surface area contributed by atoms with Gasteiger partial charge in [0.05, 0.1) is 11.3 Å². The maximum atomic E-state index is 12.9. The zero-order valence-electron chi connectivity index (χ0n) is 17.0. The molecule has 1 fully saturated rings. The molecule has 1 aromatic carbocycles. The molecule has 144 valence electrons. The number of nitrogens with zero attached hydrogens (tertiary/aromatic N) is 3. The minimum Gasteiger partial charge on any atom is -0.379 e. The second kappa shape index (κ2) is 7.59. The first kappa shape index (κ1) is 19.2. The average molecular weight is 367 g/mol. The number of pyridine rings is 1. The number of carbonyl (C=O) groups excluding carboxylic acids is 1. The van der Waals surface area contributed by atoms with Gasteiger partial charge in [-0.2, -0.15) is 0 Å². The minimum absolute atomic E-state index is 0.0562. The maximum absolute atomic E-state index is 12.9. The number of hydrogen-bond donors (Lipinski definition) is 1. The molecular weight excluding hydrogens is 336 g/mol. The SMILES string of the molecule is Cc1cccc(N2CCN(C(=O)c3cncc(NC(C)(C)C)c3)CC2)c1C. The molecule has 3 rings (SSSR count). The monoisotopic (exact) mass is 366 g/mol. The van der Waals surface area contributed by atoms with Crippen LogP contribution in [-0.2, 0) is 0 Å². The number of nitrogens with one attached hydrogen (secondary N) is 1. The van der Waals surface area contributed by atoms with E-state index in [9.17, 15) is 4.79 Å². The molecule has 0 unspecified atom stereocenters. The molecule has 1 aromatic heterocycles. The van der Waals surface area contributed by atoms with Crippen molar-refractivity contribution in [2.45, 2.75) is 40.2 Å². The lowest BCUT2D eigenvalue weighted by molar-refractivity contribution is 0.0746. The number of aryl methyl sites for hydroxylation is 1. The largest absolute Gasteiger partial charge is 0.379 e. The van der Waals surface area contributed by atoms with Crippen molar-refractivity contribution in [2.24, 2.45) is 0 Å². The Morgan fingerprint density at radius 2 is 1.78 bits per heavy atom. The fraction of sp³-hybridized carbons (Fsp3) is 0.455. The normalized spacial score (nSPS) is 15.0. The number of anilines is 2. The van der Waals surface area contributed by atoms with Crippen LogP contribution in [0.5, 0.6) is 0 Å². The standard InChI is InChI=1S/C22H30N4O/c1-16-7-6-8-20(17(16)2)25-9-11-26(12-10-25)21(27)18-13-19(15-23-14-18)24-22(3,4)5/h6-8,13-15,24H,9-12H2,1-5H3. The van der Waals surface area contributed by atoms with Gasteiger partial charge in [-0.15, -0.1) is 0 Å². The van der Waals surface area contributed by atoms with Crippen molar-refractivity contribution in [1.82, 2.24) is 9.88 Å². The Hall–Kier alpha value is -2.56. The predicted molar refractivity (Wildman–Crippen MR) is 112 cm³/mol. The quantitative estimate of drug-likeness (QED) is 0.896. The van der Waals surface area contributed by atoms with E-state index in [1.54, 1.807) is 12.4 Å². The van der Waals surface area contributed by atoms with Crippen molar-refractivity contribution in [2.75, 3.05) is 36.4 Å². The molecule has 1 saturated heterocycles. The zero-order chi connectivity index (χ0) is 19.6. The Morgan fingerprint density at radius 3 is 2.44 bits per heavy atom. The highest BCUT2D eigenvalue weighted by Gasteiger charge is 2.24. The molecule has 1 amide bonds. The van der Waals surface area contributed by atoms with Crippen LogP contribution in [0.4, 0.5) is 11.4 Å². The first-order valence-electron chi connectivity index (χ1n) is 9.58. The topological polar surface area (TPSA) is 48.5 Å². The van der Waals surface area contributed by atoms with Crippen LogP contribution in [-0.4, -0.2) is 47.5 Å².